The lowest BCUT2D eigenvalue weighted by atomic mass is 10.6. The largest absolute Gasteiger partial charge is 0.376 e. The lowest BCUT2D eigenvalue weighted by Crippen LogP contribution is -2.22. The van der Waals surface area contributed by atoms with Gasteiger partial charge in [-0.05, 0) is 0 Å². The van der Waals surface area contributed by atoms with Gasteiger partial charge in [0.05, 0.1) is 0 Å². The van der Waals surface area contributed by atoms with Gasteiger partial charge in [0.2, 0.25) is 5.91 Å². The highest BCUT2D eigenvalue weighted by Gasteiger charge is 1.98. The molecular formula is C5H9NO2. The lowest BCUT2D eigenvalue weighted by molar-refractivity contribution is -0.129. The average Bonchev–Trinajstić information content (AvgIpc) is 1.69. The van der Waals surface area contributed by atoms with Gasteiger partial charge >= 0.3 is 0 Å². The summed E-state index contributed by atoms with van der Waals surface area (Å²) in [7, 11) is 0. The van der Waals surface area contributed by atoms with Gasteiger partial charge in [0.25, 0.3) is 0 Å². The highest BCUT2D eigenvalue weighted by molar-refractivity contribution is 5.73. The summed E-state index contributed by atoms with van der Waals surface area (Å²) in [6.45, 7) is 4.36. The summed E-state index contributed by atoms with van der Waals surface area (Å²) in [4.78, 5) is 11.4. The number of hydrogen-bond donors (Lipinski definition) is 1. The molecule has 0 rings (SSSR count). The molecule has 1 amide bonds. The second-order valence-electron chi connectivity index (χ2n) is 1.31. The van der Waals surface area contributed by atoms with Crippen LogP contribution in [0.2, 0.25) is 0 Å². The summed E-state index contributed by atoms with van der Waals surface area (Å²) in [5.41, 5.74) is 0. The maximum atomic E-state index is 10.3. The van der Waals surface area contributed by atoms with E-state index in [0.717, 1.165) is 4.90 Å². The molecule has 0 fully saturated rings. The van der Waals surface area contributed by atoms with E-state index in [9.17, 15) is 4.79 Å². The van der Waals surface area contributed by atoms with Gasteiger partial charge in [-0.1, -0.05) is 6.58 Å². The highest BCUT2D eigenvalue weighted by Crippen LogP contribution is 1.84. The zero-order valence-electron chi connectivity index (χ0n) is 4.79. The van der Waals surface area contributed by atoms with Gasteiger partial charge in [-0.2, -0.15) is 0 Å². The molecule has 0 aromatic rings. The van der Waals surface area contributed by atoms with Crippen molar-refractivity contribution in [2.75, 3.05) is 6.73 Å². The molecule has 0 heterocycles. The molecule has 0 aliphatic heterocycles. The van der Waals surface area contributed by atoms with E-state index in [-0.39, 0.29) is 12.6 Å². The van der Waals surface area contributed by atoms with E-state index < -0.39 is 0 Å². The van der Waals surface area contributed by atoms with Crippen molar-refractivity contribution in [1.82, 2.24) is 4.90 Å². The Morgan fingerprint density at radius 3 is 2.50 bits per heavy atom. The van der Waals surface area contributed by atoms with Gasteiger partial charge in [-0.3, -0.25) is 9.69 Å². The molecule has 46 valence electrons. The molecule has 0 radical (unpaired) electrons. The maximum absolute atomic E-state index is 10.3. The SMILES string of the molecule is C=CN(CO)C(C)=O. The Labute approximate surface area is 48.2 Å². The average molecular weight is 115 g/mol. The Morgan fingerprint density at radius 2 is 2.50 bits per heavy atom. The minimum absolute atomic E-state index is 0.206. The van der Waals surface area contributed by atoms with Crippen molar-refractivity contribution in [2.45, 2.75) is 6.92 Å². The summed E-state index contributed by atoms with van der Waals surface area (Å²) >= 11 is 0. The molecule has 0 atom stereocenters. The van der Waals surface area contributed by atoms with Crippen LogP contribution in [-0.2, 0) is 4.79 Å². The van der Waals surface area contributed by atoms with Crippen LogP contribution in [0.15, 0.2) is 12.8 Å². The normalized spacial score (nSPS) is 8.25. The van der Waals surface area contributed by atoms with Gasteiger partial charge < -0.3 is 5.11 Å². The van der Waals surface area contributed by atoms with E-state index in [1.54, 1.807) is 0 Å². The minimum Gasteiger partial charge on any atom is -0.376 e. The molecule has 0 aliphatic rings. The van der Waals surface area contributed by atoms with E-state index in [1.165, 1.54) is 13.1 Å². The molecule has 0 aromatic carbocycles. The summed E-state index contributed by atoms with van der Waals surface area (Å²) in [5.74, 6) is -0.206. The van der Waals surface area contributed by atoms with Crippen molar-refractivity contribution >= 4 is 5.91 Å². The van der Waals surface area contributed by atoms with E-state index in [0.29, 0.717) is 0 Å². The molecule has 0 spiro atoms. The van der Waals surface area contributed by atoms with Gasteiger partial charge in [-0.25, -0.2) is 0 Å². The number of amides is 1. The number of aliphatic hydroxyl groups excluding tert-OH is 1. The van der Waals surface area contributed by atoms with Crippen LogP contribution in [0.1, 0.15) is 6.92 Å². The van der Waals surface area contributed by atoms with Crippen molar-refractivity contribution in [3.63, 3.8) is 0 Å². The molecular weight excluding hydrogens is 106 g/mol. The van der Waals surface area contributed by atoms with Gasteiger partial charge in [0, 0.05) is 13.1 Å². The molecule has 1 N–H and O–H groups in total. The topological polar surface area (TPSA) is 40.5 Å². The number of carbonyl (C=O) groups excluding carboxylic acids is 1. The molecule has 0 bridgehead atoms. The Balaban J connectivity index is 3.69. The molecule has 0 unspecified atom stereocenters. The number of nitrogens with zero attached hydrogens (tertiary/aromatic N) is 1. The zero-order chi connectivity index (χ0) is 6.57. The predicted molar refractivity (Wildman–Crippen MR) is 29.8 cm³/mol. The van der Waals surface area contributed by atoms with Crippen LogP contribution < -0.4 is 0 Å². The van der Waals surface area contributed by atoms with Gasteiger partial charge in [0.1, 0.15) is 6.73 Å². The fourth-order valence-corrected chi connectivity index (χ4v) is 0.286. The van der Waals surface area contributed by atoms with Crippen molar-refractivity contribution in [1.29, 1.82) is 0 Å². The first-order valence-corrected chi connectivity index (χ1v) is 2.23. The van der Waals surface area contributed by atoms with Gasteiger partial charge in [-0.15, -0.1) is 0 Å². The molecule has 0 aliphatic carbocycles. The fraction of sp³-hybridized carbons (Fsp3) is 0.400. The monoisotopic (exact) mass is 115 g/mol. The Bertz CT molecular complexity index is 101. The molecule has 0 saturated heterocycles. The van der Waals surface area contributed by atoms with Crippen LogP contribution in [0.3, 0.4) is 0 Å². The number of aliphatic hydroxyl groups is 1. The summed E-state index contributed by atoms with van der Waals surface area (Å²) < 4.78 is 0. The quantitative estimate of drug-likeness (QED) is 0.512. The van der Waals surface area contributed by atoms with Crippen molar-refractivity contribution < 1.29 is 9.90 Å². The van der Waals surface area contributed by atoms with E-state index in [1.807, 2.05) is 0 Å². The highest BCUT2D eigenvalue weighted by atomic mass is 16.3. The molecule has 0 aromatic heterocycles. The smallest absolute Gasteiger partial charge is 0.225 e. The Kier molecular flexibility index (Phi) is 2.88. The summed E-state index contributed by atoms with van der Waals surface area (Å²) in [5, 5.41) is 8.33. The van der Waals surface area contributed by atoms with Crippen molar-refractivity contribution in [3.8, 4) is 0 Å². The first kappa shape index (κ1) is 7.17. The zero-order valence-corrected chi connectivity index (χ0v) is 4.79. The van der Waals surface area contributed by atoms with Crippen LogP contribution in [0.5, 0.6) is 0 Å². The summed E-state index contributed by atoms with van der Waals surface area (Å²) in [6.07, 6.45) is 1.28. The van der Waals surface area contributed by atoms with E-state index >= 15 is 0 Å². The molecule has 3 nitrogen and oxygen atoms in total. The third kappa shape index (κ3) is 1.75. The van der Waals surface area contributed by atoms with Crippen molar-refractivity contribution in [3.05, 3.63) is 12.8 Å². The van der Waals surface area contributed by atoms with Crippen LogP contribution in [-0.4, -0.2) is 22.6 Å². The number of hydrogen-bond acceptors (Lipinski definition) is 2. The summed E-state index contributed by atoms with van der Waals surface area (Å²) in [6, 6.07) is 0. The van der Waals surface area contributed by atoms with Crippen molar-refractivity contribution in [2.24, 2.45) is 0 Å². The third-order valence-corrected chi connectivity index (χ3v) is 0.777. The van der Waals surface area contributed by atoms with Crippen LogP contribution in [0.25, 0.3) is 0 Å². The molecule has 3 heteroatoms. The van der Waals surface area contributed by atoms with Gasteiger partial charge in [0.15, 0.2) is 0 Å². The first-order chi connectivity index (χ1) is 3.72. The molecule has 0 saturated carbocycles. The first-order valence-electron chi connectivity index (χ1n) is 2.23. The number of carbonyl (C=O) groups is 1. The maximum Gasteiger partial charge on any atom is 0.225 e. The second kappa shape index (κ2) is 3.21. The number of rotatable bonds is 2. The van der Waals surface area contributed by atoms with Crippen LogP contribution >= 0.6 is 0 Å². The Morgan fingerprint density at radius 1 is 2.00 bits per heavy atom. The fourth-order valence-electron chi connectivity index (χ4n) is 0.286. The second-order valence-corrected chi connectivity index (χ2v) is 1.31. The predicted octanol–water partition coefficient (Wildman–Crippen LogP) is -0.0718. The van der Waals surface area contributed by atoms with E-state index in [4.69, 9.17) is 5.11 Å². The standard InChI is InChI=1S/C5H9NO2/c1-3-6(4-7)5(2)8/h3,7H,1,4H2,2H3. The lowest BCUT2D eigenvalue weighted by Gasteiger charge is -2.09. The molecule has 8 heavy (non-hydrogen) atoms. The van der Waals surface area contributed by atoms with Crippen LogP contribution in [0.4, 0.5) is 0 Å². The third-order valence-electron chi connectivity index (χ3n) is 0.777. The van der Waals surface area contributed by atoms with Crippen LogP contribution in [0, 0.1) is 0 Å². The van der Waals surface area contributed by atoms with E-state index in [2.05, 4.69) is 6.58 Å². The Hall–Kier alpha value is -0.830. The minimum atomic E-state index is -0.293.